The number of hydrogen-bond acceptors (Lipinski definition) is 4. The van der Waals surface area contributed by atoms with Crippen molar-refractivity contribution in [3.63, 3.8) is 0 Å². The van der Waals surface area contributed by atoms with Crippen molar-refractivity contribution in [3.8, 4) is 11.5 Å². The van der Waals surface area contributed by atoms with E-state index >= 15 is 0 Å². The molecule has 1 aromatic carbocycles. The second-order valence-corrected chi connectivity index (χ2v) is 4.90. The smallest absolute Gasteiger partial charge is 0.165 e. The predicted octanol–water partition coefficient (Wildman–Crippen LogP) is 2.20. The summed E-state index contributed by atoms with van der Waals surface area (Å²) in [5.74, 6) is 2.13. The molecule has 0 atom stereocenters. The zero-order valence-corrected chi connectivity index (χ0v) is 12.1. The van der Waals surface area contributed by atoms with Crippen molar-refractivity contribution in [2.45, 2.75) is 26.8 Å². The Morgan fingerprint density at radius 1 is 1.32 bits per heavy atom. The van der Waals surface area contributed by atoms with Crippen LogP contribution in [0, 0.1) is 5.92 Å². The van der Waals surface area contributed by atoms with Gasteiger partial charge in [0.25, 0.3) is 0 Å². The molecule has 0 bridgehead atoms. The summed E-state index contributed by atoms with van der Waals surface area (Å²) in [6.45, 7) is 6.70. The molecule has 0 aliphatic carbocycles. The van der Waals surface area contributed by atoms with Crippen LogP contribution < -0.4 is 14.8 Å². The first-order valence-corrected chi connectivity index (χ1v) is 6.79. The van der Waals surface area contributed by atoms with Gasteiger partial charge in [-0.3, -0.25) is 0 Å². The molecule has 0 aromatic heterocycles. The summed E-state index contributed by atoms with van der Waals surface area (Å²) in [5.41, 5.74) is 1.08. The SMILES string of the molecule is COc1cccc(CNCC(C)C)c1OCCCO. The van der Waals surface area contributed by atoms with E-state index in [-0.39, 0.29) is 6.61 Å². The van der Waals surface area contributed by atoms with Gasteiger partial charge in [-0.2, -0.15) is 0 Å². The third kappa shape index (κ3) is 5.49. The second-order valence-electron chi connectivity index (χ2n) is 4.90. The van der Waals surface area contributed by atoms with Gasteiger partial charge in [-0.15, -0.1) is 0 Å². The maximum Gasteiger partial charge on any atom is 0.165 e. The van der Waals surface area contributed by atoms with Gasteiger partial charge >= 0.3 is 0 Å². The van der Waals surface area contributed by atoms with Gasteiger partial charge < -0.3 is 19.9 Å². The fourth-order valence-corrected chi connectivity index (χ4v) is 1.76. The Hall–Kier alpha value is -1.26. The molecule has 0 amide bonds. The van der Waals surface area contributed by atoms with Gasteiger partial charge in [0.2, 0.25) is 0 Å². The zero-order valence-electron chi connectivity index (χ0n) is 12.1. The van der Waals surface area contributed by atoms with E-state index in [1.54, 1.807) is 7.11 Å². The molecule has 0 saturated carbocycles. The Balaban J connectivity index is 2.71. The standard InChI is InChI=1S/C15H25NO3/c1-12(2)10-16-11-13-6-4-7-14(18-3)15(13)19-9-5-8-17/h4,6-7,12,16-17H,5,8-11H2,1-3H3. The molecule has 1 rings (SSSR count). The van der Waals surface area contributed by atoms with Gasteiger partial charge in [-0.05, 0) is 18.5 Å². The molecule has 0 radical (unpaired) electrons. The van der Waals surface area contributed by atoms with Crippen LogP contribution in [0.3, 0.4) is 0 Å². The molecule has 0 heterocycles. The Morgan fingerprint density at radius 3 is 2.74 bits per heavy atom. The monoisotopic (exact) mass is 267 g/mol. The van der Waals surface area contributed by atoms with E-state index in [1.165, 1.54) is 0 Å². The number of ether oxygens (including phenoxy) is 2. The minimum atomic E-state index is 0.135. The van der Waals surface area contributed by atoms with Gasteiger partial charge in [-0.1, -0.05) is 26.0 Å². The zero-order chi connectivity index (χ0) is 14.1. The highest BCUT2D eigenvalue weighted by Gasteiger charge is 2.10. The number of methoxy groups -OCH3 is 1. The van der Waals surface area contributed by atoms with Crippen LogP contribution in [-0.2, 0) is 6.54 Å². The van der Waals surface area contributed by atoms with Gasteiger partial charge in [0, 0.05) is 25.1 Å². The number of hydrogen-bond donors (Lipinski definition) is 2. The molecule has 0 spiro atoms. The first kappa shape index (κ1) is 15.8. The van der Waals surface area contributed by atoms with E-state index in [4.69, 9.17) is 14.6 Å². The third-order valence-corrected chi connectivity index (χ3v) is 2.70. The molecule has 19 heavy (non-hydrogen) atoms. The van der Waals surface area contributed by atoms with Gasteiger partial charge in [-0.25, -0.2) is 0 Å². The van der Waals surface area contributed by atoms with Crippen molar-refractivity contribution >= 4 is 0 Å². The summed E-state index contributed by atoms with van der Waals surface area (Å²) in [6.07, 6.45) is 0.622. The number of nitrogens with one attached hydrogen (secondary N) is 1. The first-order valence-electron chi connectivity index (χ1n) is 6.79. The molecule has 0 aliphatic rings. The van der Waals surface area contributed by atoms with Crippen molar-refractivity contribution < 1.29 is 14.6 Å². The first-order chi connectivity index (χ1) is 9.19. The number of benzene rings is 1. The highest BCUT2D eigenvalue weighted by molar-refractivity contribution is 5.46. The molecule has 4 nitrogen and oxygen atoms in total. The van der Waals surface area contributed by atoms with E-state index in [9.17, 15) is 0 Å². The molecule has 0 saturated heterocycles. The van der Waals surface area contributed by atoms with Gasteiger partial charge in [0.15, 0.2) is 11.5 Å². The molecule has 4 heteroatoms. The van der Waals surface area contributed by atoms with E-state index in [2.05, 4.69) is 19.2 Å². The second kappa shape index (κ2) is 8.77. The summed E-state index contributed by atoms with van der Waals surface area (Å²) < 4.78 is 11.1. The fraction of sp³-hybridized carbons (Fsp3) is 0.600. The van der Waals surface area contributed by atoms with Crippen LogP contribution in [0.1, 0.15) is 25.8 Å². The van der Waals surface area contributed by atoms with E-state index in [0.29, 0.717) is 18.9 Å². The van der Waals surface area contributed by atoms with Crippen molar-refractivity contribution in [2.24, 2.45) is 5.92 Å². The minimum absolute atomic E-state index is 0.135. The van der Waals surface area contributed by atoms with Crippen LogP contribution >= 0.6 is 0 Å². The van der Waals surface area contributed by atoms with Crippen molar-refractivity contribution in [1.82, 2.24) is 5.32 Å². The average molecular weight is 267 g/mol. The number of para-hydroxylation sites is 1. The molecule has 1 aromatic rings. The maximum atomic E-state index is 8.82. The number of rotatable bonds is 9. The minimum Gasteiger partial charge on any atom is -0.493 e. The predicted molar refractivity (Wildman–Crippen MR) is 76.7 cm³/mol. The summed E-state index contributed by atoms with van der Waals surface area (Å²) in [4.78, 5) is 0. The Labute approximate surface area is 115 Å². The normalized spacial score (nSPS) is 10.8. The maximum absolute atomic E-state index is 8.82. The van der Waals surface area contributed by atoms with Crippen LogP contribution in [-0.4, -0.2) is 32.0 Å². The molecule has 0 fully saturated rings. The Morgan fingerprint density at radius 2 is 2.11 bits per heavy atom. The summed E-state index contributed by atoms with van der Waals surface area (Å²) >= 11 is 0. The van der Waals surface area contributed by atoms with Gasteiger partial charge in [0.05, 0.1) is 13.7 Å². The summed E-state index contributed by atoms with van der Waals surface area (Å²) in [7, 11) is 1.64. The lowest BCUT2D eigenvalue weighted by atomic mass is 10.1. The largest absolute Gasteiger partial charge is 0.493 e. The van der Waals surface area contributed by atoms with Crippen LogP contribution in [0.25, 0.3) is 0 Å². The topological polar surface area (TPSA) is 50.7 Å². The van der Waals surface area contributed by atoms with Crippen LogP contribution in [0.4, 0.5) is 0 Å². The van der Waals surface area contributed by atoms with Crippen LogP contribution in [0.2, 0.25) is 0 Å². The lowest BCUT2D eigenvalue weighted by Gasteiger charge is -2.16. The van der Waals surface area contributed by atoms with Crippen molar-refractivity contribution in [2.75, 3.05) is 26.9 Å². The van der Waals surface area contributed by atoms with Gasteiger partial charge in [0.1, 0.15) is 0 Å². The van der Waals surface area contributed by atoms with E-state index in [1.807, 2.05) is 18.2 Å². The van der Waals surface area contributed by atoms with Crippen LogP contribution in [0.15, 0.2) is 18.2 Å². The molecule has 108 valence electrons. The number of aliphatic hydroxyl groups excluding tert-OH is 1. The van der Waals surface area contributed by atoms with Crippen molar-refractivity contribution in [3.05, 3.63) is 23.8 Å². The molecule has 0 aliphatic heterocycles. The third-order valence-electron chi connectivity index (χ3n) is 2.70. The Kier molecular flexibility index (Phi) is 7.30. The molecular weight excluding hydrogens is 242 g/mol. The molecule has 0 unspecified atom stereocenters. The summed E-state index contributed by atoms with van der Waals surface area (Å²) in [5, 5.41) is 12.2. The van der Waals surface area contributed by atoms with E-state index < -0.39 is 0 Å². The van der Waals surface area contributed by atoms with Crippen molar-refractivity contribution in [1.29, 1.82) is 0 Å². The average Bonchev–Trinajstić information content (AvgIpc) is 2.39. The van der Waals surface area contributed by atoms with Crippen LogP contribution in [0.5, 0.6) is 11.5 Å². The molecular formula is C15H25NO3. The lowest BCUT2D eigenvalue weighted by molar-refractivity contribution is 0.226. The summed E-state index contributed by atoms with van der Waals surface area (Å²) in [6, 6.07) is 5.88. The van der Waals surface area contributed by atoms with E-state index in [0.717, 1.165) is 30.2 Å². The highest BCUT2D eigenvalue weighted by atomic mass is 16.5. The lowest BCUT2D eigenvalue weighted by Crippen LogP contribution is -2.19. The highest BCUT2D eigenvalue weighted by Crippen LogP contribution is 2.31. The Bertz CT molecular complexity index is 366. The quantitative estimate of drug-likeness (QED) is 0.674. The number of aliphatic hydroxyl groups is 1. The molecule has 2 N–H and O–H groups in total. The fourth-order valence-electron chi connectivity index (χ4n) is 1.76.